The number of hydrogen-bond acceptors (Lipinski definition) is 3. The van der Waals surface area contributed by atoms with Crippen LogP contribution in [0.3, 0.4) is 0 Å². The van der Waals surface area contributed by atoms with Crippen molar-refractivity contribution >= 4 is 16.9 Å². The zero-order valence-corrected chi connectivity index (χ0v) is 13.5. The highest BCUT2D eigenvalue weighted by Crippen LogP contribution is 2.20. The third-order valence-corrected chi connectivity index (χ3v) is 4.53. The monoisotopic (exact) mass is 319 g/mol. The Bertz CT molecular complexity index is 713. The summed E-state index contributed by atoms with van der Waals surface area (Å²) in [6, 6.07) is 4.58. The molecule has 23 heavy (non-hydrogen) atoms. The van der Waals surface area contributed by atoms with Gasteiger partial charge in [0.25, 0.3) is 0 Å². The van der Waals surface area contributed by atoms with Gasteiger partial charge in [-0.15, -0.1) is 0 Å². The van der Waals surface area contributed by atoms with Crippen molar-refractivity contribution in [3.8, 4) is 0 Å². The predicted octanol–water partition coefficient (Wildman–Crippen LogP) is 2.19. The molecule has 5 nitrogen and oxygen atoms in total. The molecule has 0 bridgehead atoms. The summed E-state index contributed by atoms with van der Waals surface area (Å²) in [7, 11) is 1.90. The van der Waals surface area contributed by atoms with E-state index in [0.29, 0.717) is 18.5 Å². The van der Waals surface area contributed by atoms with Crippen molar-refractivity contribution in [1.82, 2.24) is 14.9 Å². The fourth-order valence-electron chi connectivity index (χ4n) is 3.14. The number of carbonyl (C=O) groups excluding carboxylic acids is 1. The normalized spacial score (nSPS) is 21.5. The van der Waals surface area contributed by atoms with Gasteiger partial charge in [-0.2, -0.15) is 0 Å². The quantitative estimate of drug-likeness (QED) is 0.940. The molecule has 1 N–H and O–H groups in total. The van der Waals surface area contributed by atoms with Crippen LogP contribution in [-0.4, -0.2) is 34.7 Å². The number of fused-ring (bicyclic) bond motifs is 1. The average Bonchev–Trinajstić information content (AvgIpc) is 2.83. The first kappa shape index (κ1) is 15.9. The highest BCUT2D eigenvalue weighted by molar-refractivity contribution is 5.79. The molecule has 0 radical (unpaired) electrons. The molecule has 2 atom stereocenters. The van der Waals surface area contributed by atoms with E-state index in [9.17, 15) is 9.18 Å². The first-order valence-corrected chi connectivity index (χ1v) is 8.06. The number of nitrogens with one attached hydrogen (secondary N) is 1. The molecule has 1 fully saturated rings. The van der Waals surface area contributed by atoms with Crippen LogP contribution in [0.2, 0.25) is 0 Å². The number of aryl methyl sites for hydroxylation is 1. The summed E-state index contributed by atoms with van der Waals surface area (Å²) in [5.41, 5.74) is 1.53. The van der Waals surface area contributed by atoms with E-state index in [2.05, 4.69) is 10.3 Å². The lowest BCUT2D eigenvalue weighted by atomic mass is 9.94. The molecule has 1 saturated heterocycles. The van der Waals surface area contributed by atoms with Crippen LogP contribution < -0.4 is 5.32 Å². The van der Waals surface area contributed by atoms with Crippen LogP contribution in [0.1, 0.15) is 25.6 Å². The van der Waals surface area contributed by atoms with Crippen LogP contribution >= 0.6 is 0 Å². The van der Waals surface area contributed by atoms with Gasteiger partial charge >= 0.3 is 0 Å². The Balaban J connectivity index is 1.60. The molecule has 3 rings (SSSR count). The van der Waals surface area contributed by atoms with E-state index in [4.69, 9.17) is 4.74 Å². The van der Waals surface area contributed by atoms with Crippen LogP contribution in [0.5, 0.6) is 0 Å². The Labute approximate surface area is 134 Å². The highest BCUT2D eigenvalue weighted by Gasteiger charge is 2.28. The Morgan fingerprint density at radius 3 is 3.13 bits per heavy atom. The lowest BCUT2D eigenvalue weighted by Crippen LogP contribution is -2.41. The van der Waals surface area contributed by atoms with E-state index in [0.717, 1.165) is 30.8 Å². The number of ether oxygens (including phenoxy) is 1. The van der Waals surface area contributed by atoms with Crippen LogP contribution in [0.4, 0.5) is 4.39 Å². The molecule has 0 saturated carbocycles. The zero-order chi connectivity index (χ0) is 16.4. The number of amides is 1. The molecule has 124 valence electrons. The lowest BCUT2D eigenvalue weighted by molar-refractivity contribution is -0.133. The summed E-state index contributed by atoms with van der Waals surface area (Å²) in [5.74, 6) is 0.515. The van der Waals surface area contributed by atoms with E-state index in [1.165, 1.54) is 12.1 Å². The number of aromatic nitrogens is 2. The molecule has 1 aromatic carbocycles. The van der Waals surface area contributed by atoms with E-state index in [-0.39, 0.29) is 23.7 Å². The SMILES string of the molecule is C[C@H]1OCCC[C@H]1C(=O)NCCc1nc2cc(F)ccc2n1C. The second-order valence-electron chi connectivity index (χ2n) is 6.09. The first-order chi connectivity index (χ1) is 11.1. The molecule has 1 aromatic heterocycles. The number of nitrogens with zero attached hydrogens (tertiary/aromatic N) is 2. The summed E-state index contributed by atoms with van der Waals surface area (Å²) >= 11 is 0. The number of hydrogen-bond donors (Lipinski definition) is 1. The van der Waals surface area contributed by atoms with Crippen molar-refractivity contribution < 1.29 is 13.9 Å². The number of benzene rings is 1. The van der Waals surface area contributed by atoms with Gasteiger partial charge < -0.3 is 14.6 Å². The Hall–Kier alpha value is -1.95. The minimum Gasteiger partial charge on any atom is -0.378 e. The van der Waals surface area contributed by atoms with Crippen molar-refractivity contribution in [2.45, 2.75) is 32.3 Å². The van der Waals surface area contributed by atoms with Gasteiger partial charge in [-0.05, 0) is 31.9 Å². The third-order valence-electron chi connectivity index (χ3n) is 4.53. The maximum Gasteiger partial charge on any atom is 0.225 e. The van der Waals surface area contributed by atoms with Gasteiger partial charge in [0.05, 0.1) is 23.1 Å². The van der Waals surface area contributed by atoms with Crippen molar-refractivity contribution in [2.24, 2.45) is 13.0 Å². The minimum atomic E-state index is -0.290. The smallest absolute Gasteiger partial charge is 0.225 e. The minimum absolute atomic E-state index is 0.0255. The second-order valence-corrected chi connectivity index (χ2v) is 6.09. The summed E-state index contributed by atoms with van der Waals surface area (Å²) in [5, 5.41) is 2.97. The van der Waals surface area contributed by atoms with Gasteiger partial charge in [-0.25, -0.2) is 9.37 Å². The van der Waals surface area contributed by atoms with Crippen molar-refractivity contribution in [1.29, 1.82) is 0 Å². The average molecular weight is 319 g/mol. The molecular weight excluding hydrogens is 297 g/mol. The molecule has 0 spiro atoms. The summed E-state index contributed by atoms with van der Waals surface area (Å²) in [4.78, 5) is 16.7. The Kier molecular flexibility index (Phi) is 4.61. The fraction of sp³-hybridized carbons (Fsp3) is 0.529. The van der Waals surface area contributed by atoms with Gasteiger partial charge in [0, 0.05) is 32.7 Å². The van der Waals surface area contributed by atoms with E-state index in [1.54, 1.807) is 6.07 Å². The number of rotatable bonds is 4. The molecule has 1 amide bonds. The standard InChI is InChI=1S/C17H22FN3O2/c1-11-13(4-3-9-23-11)17(22)19-8-7-16-20-14-10-12(18)5-6-15(14)21(16)2/h5-6,10-11,13H,3-4,7-9H2,1-2H3,(H,19,22)/t11-,13-/m1/s1. The van der Waals surface area contributed by atoms with Gasteiger partial charge in [-0.3, -0.25) is 4.79 Å². The number of carbonyl (C=O) groups is 1. The van der Waals surface area contributed by atoms with E-state index in [1.807, 2.05) is 18.5 Å². The van der Waals surface area contributed by atoms with Gasteiger partial charge in [0.2, 0.25) is 5.91 Å². The van der Waals surface area contributed by atoms with Gasteiger partial charge in [0.15, 0.2) is 0 Å². The molecule has 2 aromatic rings. The van der Waals surface area contributed by atoms with Gasteiger partial charge in [0.1, 0.15) is 11.6 Å². The second kappa shape index (κ2) is 6.66. The predicted molar refractivity (Wildman–Crippen MR) is 85.5 cm³/mol. The molecule has 1 aliphatic heterocycles. The summed E-state index contributed by atoms with van der Waals surface area (Å²) in [6.07, 6.45) is 2.39. The zero-order valence-electron chi connectivity index (χ0n) is 13.5. The van der Waals surface area contributed by atoms with Crippen LogP contribution in [0, 0.1) is 11.7 Å². The Morgan fingerprint density at radius 1 is 1.52 bits per heavy atom. The molecule has 6 heteroatoms. The van der Waals surface area contributed by atoms with Crippen molar-refractivity contribution in [3.05, 3.63) is 29.8 Å². The van der Waals surface area contributed by atoms with E-state index >= 15 is 0 Å². The van der Waals surface area contributed by atoms with Crippen molar-refractivity contribution in [2.75, 3.05) is 13.2 Å². The molecular formula is C17H22FN3O2. The maximum absolute atomic E-state index is 13.3. The van der Waals surface area contributed by atoms with Crippen LogP contribution in [-0.2, 0) is 23.0 Å². The fourth-order valence-corrected chi connectivity index (χ4v) is 3.14. The molecule has 1 aliphatic rings. The third kappa shape index (κ3) is 3.37. The number of imidazole rings is 1. The first-order valence-electron chi connectivity index (χ1n) is 8.06. The molecule has 2 heterocycles. The maximum atomic E-state index is 13.3. The molecule has 0 aliphatic carbocycles. The molecule has 0 unspecified atom stereocenters. The summed E-state index contributed by atoms with van der Waals surface area (Å²) in [6.45, 7) is 3.20. The van der Waals surface area contributed by atoms with Crippen LogP contribution in [0.15, 0.2) is 18.2 Å². The lowest BCUT2D eigenvalue weighted by Gasteiger charge is -2.27. The topological polar surface area (TPSA) is 56.1 Å². The van der Waals surface area contributed by atoms with E-state index < -0.39 is 0 Å². The van der Waals surface area contributed by atoms with Gasteiger partial charge in [-0.1, -0.05) is 0 Å². The summed E-state index contributed by atoms with van der Waals surface area (Å²) < 4.78 is 20.7. The largest absolute Gasteiger partial charge is 0.378 e. The Morgan fingerprint density at radius 2 is 2.35 bits per heavy atom. The van der Waals surface area contributed by atoms with Crippen molar-refractivity contribution in [3.63, 3.8) is 0 Å². The van der Waals surface area contributed by atoms with Crippen LogP contribution in [0.25, 0.3) is 11.0 Å². The number of halogens is 1. The highest BCUT2D eigenvalue weighted by atomic mass is 19.1.